The summed E-state index contributed by atoms with van der Waals surface area (Å²) in [5.41, 5.74) is 3.42. The van der Waals surface area contributed by atoms with E-state index in [1.807, 2.05) is 19.9 Å². The second-order valence-corrected chi connectivity index (χ2v) is 6.41. The Morgan fingerprint density at radius 3 is 2.64 bits per heavy atom. The zero-order chi connectivity index (χ0) is 15.9. The Kier molecular flexibility index (Phi) is 3.81. The maximum atomic E-state index is 12.3. The zero-order valence-corrected chi connectivity index (χ0v) is 12.9. The maximum absolute atomic E-state index is 12.3. The van der Waals surface area contributed by atoms with Crippen LogP contribution < -0.4 is 10.1 Å². The van der Waals surface area contributed by atoms with E-state index < -0.39 is 12.1 Å². The van der Waals surface area contributed by atoms with Crippen molar-refractivity contribution in [2.24, 2.45) is 5.92 Å². The summed E-state index contributed by atoms with van der Waals surface area (Å²) in [4.78, 5) is 23.3. The Balaban J connectivity index is 1.60. The molecule has 0 aromatic heterocycles. The topological polar surface area (TPSA) is 75.6 Å². The van der Waals surface area contributed by atoms with Crippen LogP contribution in [-0.2, 0) is 16.0 Å². The van der Waals surface area contributed by atoms with Crippen molar-refractivity contribution in [1.29, 1.82) is 0 Å². The van der Waals surface area contributed by atoms with Gasteiger partial charge in [0, 0.05) is 12.5 Å². The van der Waals surface area contributed by atoms with Gasteiger partial charge in [0.2, 0.25) is 0 Å². The van der Waals surface area contributed by atoms with Crippen molar-refractivity contribution in [1.82, 2.24) is 5.32 Å². The van der Waals surface area contributed by atoms with Crippen molar-refractivity contribution < 1.29 is 19.4 Å². The van der Waals surface area contributed by atoms with E-state index in [1.54, 1.807) is 0 Å². The van der Waals surface area contributed by atoms with Crippen LogP contribution in [0.3, 0.4) is 0 Å². The zero-order valence-electron chi connectivity index (χ0n) is 12.9. The van der Waals surface area contributed by atoms with E-state index in [4.69, 9.17) is 9.84 Å². The third-order valence-electron chi connectivity index (χ3n) is 4.77. The molecule has 3 atom stereocenters. The lowest BCUT2D eigenvalue weighted by atomic mass is 10.0. The predicted molar refractivity (Wildman–Crippen MR) is 80.9 cm³/mol. The molecule has 0 radical (unpaired) electrons. The number of carbonyl (C=O) groups excluding carboxylic acids is 1. The summed E-state index contributed by atoms with van der Waals surface area (Å²) in [6.45, 7) is 4.07. The standard InChI is InChI=1S/C17H21NO4/c1-9-5-12-8-15(22-14(12)6-10(9)2)16(19)18-13-4-3-11(7-13)17(20)21/h5-6,11,13,15H,3-4,7-8H2,1-2H3,(H,18,19)(H,20,21)/t11-,13+,15?/m0/s1. The van der Waals surface area contributed by atoms with Crippen molar-refractivity contribution >= 4 is 11.9 Å². The summed E-state index contributed by atoms with van der Waals surface area (Å²) in [7, 11) is 0. The van der Waals surface area contributed by atoms with Gasteiger partial charge in [-0.15, -0.1) is 0 Å². The Hall–Kier alpha value is -2.04. The van der Waals surface area contributed by atoms with E-state index in [1.165, 1.54) is 5.56 Å². The molecule has 3 rings (SSSR count). The van der Waals surface area contributed by atoms with Gasteiger partial charge in [-0.1, -0.05) is 6.07 Å². The third-order valence-corrected chi connectivity index (χ3v) is 4.77. The van der Waals surface area contributed by atoms with Gasteiger partial charge in [-0.25, -0.2) is 0 Å². The number of aryl methyl sites for hydroxylation is 2. The summed E-state index contributed by atoms with van der Waals surface area (Å²) < 4.78 is 5.76. The molecule has 22 heavy (non-hydrogen) atoms. The molecule has 1 saturated carbocycles. The molecule has 0 spiro atoms. The summed E-state index contributed by atoms with van der Waals surface area (Å²) in [5.74, 6) is -0.454. The van der Waals surface area contributed by atoms with Gasteiger partial charge in [0.15, 0.2) is 6.10 Å². The van der Waals surface area contributed by atoms with E-state index in [-0.39, 0.29) is 17.9 Å². The van der Waals surface area contributed by atoms with Crippen molar-refractivity contribution in [2.75, 3.05) is 0 Å². The molecule has 1 aliphatic heterocycles. The molecule has 5 heteroatoms. The number of nitrogens with one attached hydrogen (secondary N) is 1. The largest absolute Gasteiger partial charge is 0.481 e. The number of ether oxygens (including phenoxy) is 1. The van der Waals surface area contributed by atoms with Gasteiger partial charge in [-0.3, -0.25) is 9.59 Å². The normalized spacial score (nSPS) is 26.4. The number of amides is 1. The molecule has 2 aliphatic rings. The third kappa shape index (κ3) is 2.80. The number of aliphatic carboxylic acids is 1. The fraction of sp³-hybridized carbons (Fsp3) is 0.529. The first-order valence-corrected chi connectivity index (χ1v) is 7.74. The minimum atomic E-state index is -0.771. The molecule has 5 nitrogen and oxygen atoms in total. The molecule has 1 aromatic rings. The van der Waals surface area contributed by atoms with E-state index in [0.717, 1.165) is 23.3 Å². The molecular formula is C17H21NO4. The lowest BCUT2D eigenvalue weighted by Gasteiger charge is -2.16. The molecule has 1 aliphatic carbocycles. The van der Waals surface area contributed by atoms with E-state index in [2.05, 4.69) is 11.4 Å². The highest BCUT2D eigenvalue weighted by Crippen LogP contribution is 2.32. The van der Waals surface area contributed by atoms with Crippen LogP contribution in [-0.4, -0.2) is 29.1 Å². The van der Waals surface area contributed by atoms with Gasteiger partial charge in [0.1, 0.15) is 5.75 Å². The van der Waals surface area contributed by atoms with Crippen molar-refractivity contribution in [3.05, 3.63) is 28.8 Å². The smallest absolute Gasteiger partial charge is 0.306 e. The molecule has 0 bridgehead atoms. The predicted octanol–water partition coefficient (Wildman–Crippen LogP) is 1.98. The van der Waals surface area contributed by atoms with Crippen molar-refractivity contribution in [2.45, 2.75) is 51.7 Å². The van der Waals surface area contributed by atoms with Gasteiger partial charge < -0.3 is 15.2 Å². The summed E-state index contributed by atoms with van der Waals surface area (Å²) in [6.07, 6.45) is 1.95. The summed E-state index contributed by atoms with van der Waals surface area (Å²) in [5, 5.41) is 12.0. The van der Waals surface area contributed by atoms with Crippen molar-refractivity contribution in [3.63, 3.8) is 0 Å². The Labute approximate surface area is 129 Å². The van der Waals surface area contributed by atoms with E-state index >= 15 is 0 Å². The first kappa shape index (κ1) is 14.9. The molecule has 1 aromatic carbocycles. The number of benzene rings is 1. The molecule has 0 saturated heterocycles. The van der Waals surface area contributed by atoms with Gasteiger partial charge in [0.25, 0.3) is 5.91 Å². The summed E-state index contributed by atoms with van der Waals surface area (Å²) >= 11 is 0. The van der Waals surface area contributed by atoms with Gasteiger partial charge in [0.05, 0.1) is 5.92 Å². The number of carboxylic acids is 1. The fourth-order valence-corrected chi connectivity index (χ4v) is 3.29. The van der Waals surface area contributed by atoms with Crippen LogP contribution in [0.5, 0.6) is 5.75 Å². The number of fused-ring (bicyclic) bond motifs is 1. The van der Waals surface area contributed by atoms with Crippen LogP contribution in [0, 0.1) is 19.8 Å². The average molecular weight is 303 g/mol. The maximum Gasteiger partial charge on any atom is 0.306 e. The SMILES string of the molecule is Cc1cc2c(cc1C)OC(C(=O)N[C@@H]1CC[C@H](C(=O)O)C1)C2. The Morgan fingerprint density at radius 2 is 1.95 bits per heavy atom. The highest BCUT2D eigenvalue weighted by Gasteiger charge is 2.34. The monoisotopic (exact) mass is 303 g/mol. The lowest BCUT2D eigenvalue weighted by molar-refractivity contribution is -0.141. The van der Waals surface area contributed by atoms with Gasteiger partial charge in [-0.05, 0) is 55.9 Å². The van der Waals surface area contributed by atoms with Crippen LogP contribution in [0.15, 0.2) is 12.1 Å². The quantitative estimate of drug-likeness (QED) is 0.895. The number of carboxylic acid groups (broad SMARTS) is 1. The second kappa shape index (κ2) is 5.63. The molecule has 1 amide bonds. The molecule has 2 N–H and O–H groups in total. The number of hydrogen-bond donors (Lipinski definition) is 2. The molecule has 1 unspecified atom stereocenters. The van der Waals surface area contributed by atoms with Crippen LogP contribution in [0.1, 0.15) is 36.0 Å². The molecule has 1 fully saturated rings. The van der Waals surface area contributed by atoms with Crippen LogP contribution in [0.2, 0.25) is 0 Å². The summed E-state index contributed by atoms with van der Waals surface area (Å²) in [6, 6.07) is 4.01. The van der Waals surface area contributed by atoms with Gasteiger partial charge >= 0.3 is 5.97 Å². The lowest BCUT2D eigenvalue weighted by Crippen LogP contribution is -2.42. The van der Waals surface area contributed by atoms with Crippen LogP contribution in [0.4, 0.5) is 0 Å². The molecular weight excluding hydrogens is 282 g/mol. The molecule has 1 heterocycles. The van der Waals surface area contributed by atoms with Crippen LogP contribution in [0.25, 0.3) is 0 Å². The van der Waals surface area contributed by atoms with Crippen molar-refractivity contribution in [3.8, 4) is 5.75 Å². The van der Waals surface area contributed by atoms with Crippen LogP contribution >= 0.6 is 0 Å². The minimum absolute atomic E-state index is 0.0515. The Morgan fingerprint density at radius 1 is 1.23 bits per heavy atom. The highest BCUT2D eigenvalue weighted by atomic mass is 16.5. The molecule has 118 valence electrons. The van der Waals surface area contributed by atoms with Gasteiger partial charge in [-0.2, -0.15) is 0 Å². The number of carbonyl (C=O) groups is 2. The average Bonchev–Trinajstić information content (AvgIpc) is 3.06. The minimum Gasteiger partial charge on any atom is -0.481 e. The number of rotatable bonds is 3. The van der Waals surface area contributed by atoms with E-state index in [0.29, 0.717) is 19.3 Å². The first-order valence-electron chi connectivity index (χ1n) is 7.74. The fourth-order valence-electron chi connectivity index (χ4n) is 3.29. The van der Waals surface area contributed by atoms with E-state index in [9.17, 15) is 9.59 Å². The second-order valence-electron chi connectivity index (χ2n) is 6.41. The first-order chi connectivity index (χ1) is 10.4. The Bertz CT molecular complexity index is 594. The number of hydrogen-bond acceptors (Lipinski definition) is 3. The highest BCUT2D eigenvalue weighted by molar-refractivity contribution is 5.83.